The van der Waals surface area contributed by atoms with Gasteiger partial charge in [-0.1, -0.05) is 36.4 Å². The van der Waals surface area contributed by atoms with Crippen LogP contribution in [-0.2, 0) is 9.59 Å². The van der Waals surface area contributed by atoms with E-state index in [1.807, 2.05) is 42.5 Å². The third kappa shape index (κ3) is 5.21. The highest BCUT2D eigenvalue weighted by molar-refractivity contribution is 9.10. The van der Waals surface area contributed by atoms with E-state index in [-0.39, 0.29) is 5.57 Å². The average Bonchev–Trinajstić information content (AvgIpc) is 2.71. The maximum absolute atomic E-state index is 12.5. The van der Waals surface area contributed by atoms with E-state index in [2.05, 4.69) is 21.2 Å². The summed E-state index contributed by atoms with van der Waals surface area (Å²) < 4.78 is 5.56. The Morgan fingerprint density at radius 2 is 1.86 bits per heavy atom. The van der Waals surface area contributed by atoms with Crippen LogP contribution in [-0.4, -0.2) is 18.5 Å². The zero-order valence-electron chi connectivity index (χ0n) is 15.0. The number of nitrogens with one attached hydrogen (secondary N) is 1. The highest BCUT2D eigenvalue weighted by atomic mass is 79.9. The first-order valence-corrected chi connectivity index (χ1v) is 9.30. The molecular formula is C22H14BrN2O4-. The van der Waals surface area contributed by atoms with E-state index in [4.69, 9.17) is 4.74 Å². The van der Waals surface area contributed by atoms with E-state index < -0.39 is 18.5 Å². The van der Waals surface area contributed by atoms with Crippen molar-refractivity contribution in [2.45, 2.75) is 0 Å². The van der Waals surface area contributed by atoms with Gasteiger partial charge in [-0.05, 0) is 62.6 Å². The van der Waals surface area contributed by atoms with Crippen LogP contribution in [0.4, 0.5) is 5.69 Å². The molecule has 0 aliphatic carbocycles. The fourth-order valence-electron chi connectivity index (χ4n) is 2.64. The van der Waals surface area contributed by atoms with E-state index in [0.717, 1.165) is 10.8 Å². The van der Waals surface area contributed by atoms with E-state index in [0.29, 0.717) is 21.5 Å². The van der Waals surface area contributed by atoms with Gasteiger partial charge >= 0.3 is 0 Å². The van der Waals surface area contributed by atoms with Gasteiger partial charge in [0.05, 0.1) is 10.4 Å². The highest BCUT2D eigenvalue weighted by Gasteiger charge is 2.11. The van der Waals surface area contributed by atoms with Crippen molar-refractivity contribution in [3.8, 4) is 11.8 Å². The largest absolute Gasteiger partial charge is 0.546 e. The van der Waals surface area contributed by atoms with Gasteiger partial charge in [0.15, 0.2) is 0 Å². The molecule has 1 amide bonds. The summed E-state index contributed by atoms with van der Waals surface area (Å²) in [5, 5.41) is 24.6. The van der Waals surface area contributed by atoms with Crippen LogP contribution in [0.3, 0.4) is 0 Å². The summed E-state index contributed by atoms with van der Waals surface area (Å²) in [5.74, 6) is -1.56. The summed E-state index contributed by atoms with van der Waals surface area (Å²) in [6, 6.07) is 19.9. The third-order valence-electron chi connectivity index (χ3n) is 3.98. The second-order valence-corrected chi connectivity index (χ2v) is 6.89. The monoisotopic (exact) mass is 449 g/mol. The number of nitriles is 1. The molecule has 3 aromatic rings. The zero-order valence-corrected chi connectivity index (χ0v) is 16.6. The number of halogens is 1. The van der Waals surface area contributed by atoms with Crippen molar-refractivity contribution in [2.75, 3.05) is 11.9 Å². The molecule has 0 aliphatic rings. The molecule has 7 heteroatoms. The van der Waals surface area contributed by atoms with Crippen LogP contribution in [0.25, 0.3) is 16.8 Å². The number of amides is 1. The van der Waals surface area contributed by atoms with Crippen molar-refractivity contribution in [3.63, 3.8) is 0 Å². The second-order valence-electron chi connectivity index (χ2n) is 6.04. The average molecular weight is 450 g/mol. The van der Waals surface area contributed by atoms with Crippen molar-refractivity contribution < 1.29 is 19.4 Å². The number of aliphatic carboxylic acids is 1. The molecule has 0 radical (unpaired) electrons. The van der Waals surface area contributed by atoms with Crippen LogP contribution in [0.15, 0.2) is 70.7 Å². The van der Waals surface area contributed by atoms with Crippen molar-refractivity contribution >= 4 is 50.3 Å². The molecule has 144 valence electrons. The smallest absolute Gasteiger partial charge is 0.266 e. The Hall–Kier alpha value is -3.63. The molecule has 3 rings (SSSR count). The highest BCUT2D eigenvalue weighted by Crippen LogP contribution is 2.27. The van der Waals surface area contributed by atoms with Crippen molar-refractivity contribution in [1.29, 1.82) is 5.26 Å². The van der Waals surface area contributed by atoms with Gasteiger partial charge in [-0.2, -0.15) is 5.26 Å². The molecule has 0 unspecified atom stereocenters. The maximum atomic E-state index is 12.5. The number of carbonyl (C=O) groups excluding carboxylic acids is 2. The van der Waals surface area contributed by atoms with Crippen molar-refractivity contribution in [3.05, 3.63) is 76.3 Å². The fraction of sp³-hybridized carbons (Fsp3) is 0.0455. The topological polar surface area (TPSA) is 102 Å². The van der Waals surface area contributed by atoms with Crippen LogP contribution in [0.5, 0.6) is 5.75 Å². The van der Waals surface area contributed by atoms with Crippen LogP contribution in [0.2, 0.25) is 0 Å². The minimum Gasteiger partial charge on any atom is -0.546 e. The lowest BCUT2D eigenvalue weighted by molar-refractivity contribution is -0.307. The lowest BCUT2D eigenvalue weighted by Crippen LogP contribution is -2.29. The van der Waals surface area contributed by atoms with E-state index in [1.54, 1.807) is 18.2 Å². The quantitative estimate of drug-likeness (QED) is 0.459. The molecule has 0 heterocycles. The van der Waals surface area contributed by atoms with Gasteiger partial charge in [0.25, 0.3) is 5.91 Å². The Kier molecular flexibility index (Phi) is 6.27. The number of carbonyl (C=O) groups is 2. The Bertz CT molecular complexity index is 1160. The summed E-state index contributed by atoms with van der Waals surface area (Å²) in [6.07, 6.45) is 1.43. The molecule has 29 heavy (non-hydrogen) atoms. The summed E-state index contributed by atoms with van der Waals surface area (Å²) in [5.41, 5.74) is 1.08. The zero-order chi connectivity index (χ0) is 20.8. The molecule has 0 fully saturated rings. The van der Waals surface area contributed by atoms with E-state index in [9.17, 15) is 20.0 Å². The van der Waals surface area contributed by atoms with Crippen LogP contribution < -0.4 is 15.2 Å². The molecule has 0 bridgehead atoms. The predicted molar refractivity (Wildman–Crippen MR) is 111 cm³/mol. The molecule has 0 atom stereocenters. The van der Waals surface area contributed by atoms with Crippen molar-refractivity contribution in [2.24, 2.45) is 0 Å². The minimum atomic E-state index is -1.34. The normalized spacial score (nSPS) is 11.0. The number of rotatable bonds is 6. The molecule has 0 aromatic heterocycles. The van der Waals surface area contributed by atoms with Gasteiger partial charge in [-0.15, -0.1) is 0 Å². The van der Waals surface area contributed by atoms with E-state index in [1.165, 1.54) is 12.1 Å². The molecular weight excluding hydrogens is 436 g/mol. The number of benzene rings is 3. The first-order chi connectivity index (χ1) is 14.0. The maximum Gasteiger partial charge on any atom is 0.266 e. The molecule has 0 saturated heterocycles. The summed E-state index contributed by atoms with van der Waals surface area (Å²) in [6.45, 7) is -0.578. The standard InChI is InChI=1S/C22H15BrN2O4/c23-19-10-14(5-8-20(19)29-13-21(26)27)9-17(12-24)22(28)25-18-7-6-15-3-1-2-4-16(15)11-18/h1-11H,13H2,(H,25,28)(H,26,27)/p-1/b17-9-. The summed E-state index contributed by atoms with van der Waals surface area (Å²) >= 11 is 3.27. The van der Waals surface area contributed by atoms with Gasteiger partial charge in [0, 0.05) is 5.69 Å². The molecule has 3 aromatic carbocycles. The number of carboxylic acid groups (broad SMARTS) is 1. The van der Waals surface area contributed by atoms with Gasteiger partial charge in [0.2, 0.25) is 0 Å². The molecule has 0 spiro atoms. The Morgan fingerprint density at radius 1 is 1.10 bits per heavy atom. The molecule has 0 saturated carbocycles. The summed E-state index contributed by atoms with van der Waals surface area (Å²) in [4.78, 5) is 23.0. The number of hydrogen-bond acceptors (Lipinski definition) is 5. The lowest BCUT2D eigenvalue weighted by Gasteiger charge is -2.09. The van der Waals surface area contributed by atoms with Crippen LogP contribution in [0, 0.1) is 11.3 Å². The summed E-state index contributed by atoms with van der Waals surface area (Å²) in [7, 11) is 0. The van der Waals surface area contributed by atoms with Gasteiger partial charge < -0.3 is 20.0 Å². The first kappa shape index (κ1) is 20.1. The molecule has 6 nitrogen and oxygen atoms in total. The van der Waals surface area contributed by atoms with Crippen molar-refractivity contribution in [1.82, 2.24) is 0 Å². The van der Waals surface area contributed by atoms with Gasteiger partial charge in [-0.25, -0.2) is 0 Å². The lowest BCUT2D eigenvalue weighted by atomic mass is 10.1. The number of fused-ring (bicyclic) bond motifs is 1. The second kappa shape index (κ2) is 9.04. The minimum absolute atomic E-state index is 0.0755. The van der Waals surface area contributed by atoms with E-state index >= 15 is 0 Å². The van der Waals surface area contributed by atoms with Gasteiger partial charge in [0.1, 0.15) is 24.0 Å². The Balaban J connectivity index is 1.77. The number of carboxylic acids is 1. The molecule has 1 N–H and O–H groups in total. The molecule has 0 aliphatic heterocycles. The fourth-order valence-corrected chi connectivity index (χ4v) is 3.15. The third-order valence-corrected chi connectivity index (χ3v) is 4.60. The Labute approximate surface area is 175 Å². The Morgan fingerprint density at radius 3 is 2.55 bits per heavy atom. The number of nitrogens with zero attached hydrogens (tertiary/aromatic N) is 1. The first-order valence-electron chi connectivity index (χ1n) is 8.50. The number of ether oxygens (including phenoxy) is 1. The SMILES string of the molecule is N#C/C(=C/c1ccc(OCC(=O)[O-])c(Br)c1)C(=O)Nc1ccc2ccccc2c1. The number of hydrogen-bond donors (Lipinski definition) is 1. The number of anilines is 1. The van der Waals surface area contributed by atoms with Gasteiger partial charge in [-0.3, -0.25) is 4.79 Å². The van der Waals surface area contributed by atoms with Crippen LogP contribution in [0.1, 0.15) is 5.56 Å². The predicted octanol–water partition coefficient (Wildman–Crippen LogP) is 3.28. The van der Waals surface area contributed by atoms with Crippen LogP contribution >= 0.6 is 15.9 Å².